The fraction of sp³-hybridized carbons (Fsp3) is 0.500. The van der Waals surface area contributed by atoms with Crippen LogP contribution >= 0.6 is 0 Å². The van der Waals surface area contributed by atoms with Crippen molar-refractivity contribution in [1.29, 1.82) is 0 Å². The summed E-state index contributed by atoms with van der Waals surface area (Å²) in [6.45, 7) is 6.73. The van der Waals surface area contributed by atoms with Gasteiger partial charge in [0.2, 0.25) is 0 Å². The molecular weight excluding hydrogens is 241 g/mol. The summed E-state index contributed by atoms with van der Waals surface area (Å²) < 4.78 is 12.8. The van der Waals surface area contributed by atoms with Crippen molar-refractivity contribution in [3.63, 3.8) is 0 Å². The first-order chi connectivity index (χ1) is 8.97. The van der Waals surface area contributed by atoms with E-state index in [1.165, 1.54) is 12.1 Å². The fourth-order valence-corrected chi connectivity index (χ4v) is 2.38. The number of nitrogens with zero attached hydrogens (tertiary/aromatic N) is 1. The van der Waals surface area contributed by atoms with Gasteiger partial charge in [0.25, 0.3) is 0 Å². The van der Waals surface area contributed by atoms with Gasteiger partial charge in [0.1, 0.15) is 5.82 Å². The maximum atomic E-state index is 12.8. The van der Waals surface area contributed by atoms with Gasteiger partial charge in [-0.2, -0.15) is 0 Å². The second-order valence-corrected chi connectivity index (χ2v) is 5.72. The second-order valence-electron chi connectivity index (χ2n) is 5.72. The van der Waals surface area contributed by atoms with E-state index in [0.29, 0.717) is 5.92 Å². The van der Waals surface area contributed by atoms with Crippen molar-refractivity contribution < 1.29 is 9.50 Å². The lowest BCUT2D eigenvalue weighted by Gasteiger charge is -2.40. The Morgan fingerprint density at radius 2 is 2.11 bits per heavy atom. The van der Waals surface area contributed by atoms with Crippen molar-refractivity contribution in [2.24, 2.45) is 5.92 Å². The number of halogens is 1. The Kier molecular flexibility index (Phi) is 4.38. The van der Waals surface area contributed by atoms with Crippen LogP contribution in [0.1, 0.15) is 25.8 Å². The number of aliphatic hydroxyl groups is 1. The first-order valence-corrected chi connectivity index (χ1v) is 6.84. The molecule has 1 aromatic carbocycles. The number of hydrogen-bond acceptors (Lipinski definition) is 2. The Hall–Kier alpha value is -1.19. The van der Waals surface area contributed by atoms with Crippen molar-refractivity contribution in [1.82, 2.24) is 4.90 Å². The third-order valence-electron chi connectivity index (χ3n) is 4.07. The molecule has 1 fully saturated rings. The van der Waals surface area contributed by atoms with Crippen LogP contribution in [0.3, 0.4) is 0 Å². The minimum Gasteiger partial charge on any atom is -0.390 e. The quantitative estimate of drug-likeness (QED) is 0.906. The summed E-state index contributed by atoms with van der Waals surface area (Å²) in [7, 11) is 0. The molecule has 1 aromatic rings. The predicted octanol–water partition coefficient (Wildman–Crippen LogP) is 2.93. The van der Waals surface area contributed by atoms with Crippen LogP contribution < -0.4 is 0 Å². The minimum atomic E-state index is -0.531. The molecule has 1 N–H and O–H groups in total. The summed E-state index contributed by atoms with van der Waals surface area (Å²) in [5.74, 6) is 0.0877. The summed E-state index contributed by atoms with van der Waals surface area (Å²) in [5.41, 5.74) is 0.482. The standard InChI is InChI=1S/C16H22FNO/c1-13-12-18(11-9-16(13,2)19)10-3-4-14-5-7-15(17)8-6-14/h3-8,13,19H,9-12H2,1-2H3/b4-3+/t13-,16+/m1/s1. The van der Waals surface area contributed by atoms with Crippen LogP contribution in [0.2, 0.25) is 0 Å². The molecule has 2 atom stereocenters. The maximum absolute atomic E-state index is 12.8. The summed E-state index contributed by atoms with van der Waals surface area (Å²) >= 11 is 0. The lowest BCUT2D eigenvalue weighted by molar-refractivity contribution is -0.0479. The SMILES string of the molecule is C[C@@H]1CN(C/C=C/c2ccc(F)cc2)CC[C@]1(C)O. The van der Waals surface area contributed by atoms with Gasteiger partial charge in [-0.05, 0) is 37.0 Å². The van der Waals surface area contributed by atoms with Crippen LogP contribution in [-0.2, 0) is 0 Å². The van der Waals surface area contributed by atoms with E-state index < -0.39 is 5.60 Å². The number of hydrogen-bond donors (Lipinski definition) is 1. The molecule has 0 radical (unpaired) electrons. The smallest absolute Gasteiger partial charge is 0.123 e. The molecule has 0 spiro atoms. The highest BCUT2D eigenvalue weighted by Gasteiger charge is 2.33. The Balaban J connectivity index is 1.84. The van der Waals surface area contributed by atoms with Crippen LogP contribution in [0.25, 0.3) is 6.08 Å². The zero-order valence-electron chi connectivity index (χ0n) is 11.6. The topological polar surface area (TPSA) is 23.5 Å². The zero-order valence-corrected chi connectivity index (χ0v) is 11.6. The Labute approximate surface area is 114 Å². The first kappa shape index (κ1) is 14.2. The largest absolute Gasteiger partial charge is 0.390 e. The average Bonchev–Trinajstić information content (AvgIpc) is 2.36. The van der Waals surface area contributed by atoms with E-state index in [1.807, 2.05) is 13.0 Å². The Morgan fingerprint density at radius 3 is 2.74 bits per heavy atom. The molecule has 0 amide bonds. The molecule has 2 rings (SSSR count). The van der Waals surface area contributed by atoms with E-state index in [2.05, 4.69) is 17.9 Å². The van der Waals surface area contributed by atoms with Crippen molar-refractivity contribution in [2.75, 3.05) is 19.6 Å². The molecule has 0 saturated carbocycles. The monoisotopic (exact) mass is 263 g/mol. The fourth-order valence-electron chi connectivity index (χ4n) is 2.38. The van der Waals surface area contributed by atoms with Gasteiger partial charge in [-0.3, -0.25) is 4.90 Å². The molecule has 1 aliphatic rings. The minimum absolute atomic E-state index is 0.204. The van der Waals surface area contributed by atoms with Crippen LogP contribution in [-0.4, -0.2) is 35.2 Å². The van der Waals surface area contributed by atoms with Gasteiger partial charge in [-0.1, -0.05) is 31.2 Å². The molecule has 0 bridgehead atoms. The molecule has 0 aromatic heterocycles. The second kappa shape index (κ2) is 5.85. The average molecular weight is 263 g/mol. The third-order valence-corrected chi connectivity index (χ3v) is 4.07. The molecule has 1 heterocycles. The van der Waals surface area contributed by atoms with Gasteiger partial charge < -0.3 is 5.11 Å². The third kappa shape index (κ3) is 3.88. The van der Waals surface area contributed by atoms with Gasteiger partial charge in [0, 0.05) is 19.6 Å². The normalized spacial score (nSPS) is 28.9. The van der Waals surface area contributed by atoms with Crippen LogP contribution in [0, 0.1) is 11.7 Å². The van der Waals surface area contributed by atoms with E-state index >= 15 is 0 Å². The van der Waals surface area contributed by atoms with Crippen LogP contribution in [0.4, 0.5) is 4.39 Å². The molecule has 0 unspecified atom stereocenters. The molecule has 0 aliphatic carbocycles. The number of likely N-dealkylation sites (tertiary alicyclic amines) is 1. The summed E-state index contributed by atoms with van der Waals surface area (Å²) in [6.07, 6.45) is 4.93. The van der Waals surface area contributed by atoms with Crippen molar-refractivity contribution in [3.8, 4) is 0 Å². The maximum Gasteiger partial charge on any atom is 0.123 e. The van der Waals surface area contributed by atoms with Gasteiger partial charge in [0.05, 0.1) is 5.60 Å². The van der Waals surface area contributed by atoms with Crippen LogP contribution in [0.15, 0.2) is 30.3 Å². The molecule has 19 heavy (non-hydrogen) atoms. The van der Waals surface area contributed by atoms with E-state index in [9.17, 15) is 9.50 Å². The number of piperidine rings is 1. The van der Waals surface area contributed by atoms with Crippen molar-refractivity contribution in [2.45, 2.75) is 25.9 Å². The van der Waals surface area contributed by atoms with Crippen LogP contribution in [0.5, 0.6) is 0 Å². The van der Waals surface area contributed by atoms with Gasteiger partial charge in [-0.15, -0.1) is 0 Å². The van der Waals surface area contributed by atoms with E-state index in [4.69, 9.17) is 0 Å². The summed E-state index contributed by atoms with van der Waals surface area (Å²) in [5, 5.41) is 10.1. The Bertz CT molecular complexity index is 439. The van der Waals surface area contributed by atoms with Crippen molar-refractivity contribution in [3.05, 3.63) is 41.7 Å². The molecule has 1 saturated heterocycles. The van der Waals surface area contributed by atoms with E-state index in [0.717, 1.165) is 31.6 Å². The highest BCUT2D eigenvalue weighted by molar-refractivity contribution is 5.48. The molecule has 2 nitrogen and oxygen atoms in total. The highest BCUT2D eigenvalue weighted by Crippen LogP contribution is 2.26. The van der Waals surface area contributed by atoms with Gasteiger partial charge in [0.15, 0.2) is 0 Å². The molecule has 3 heteroatoms. The van der Waals surface area contributed by atoms with Gasteiger partial charge in [-0.25, -0.2) is 4.39 Å². The molecule has 104 valence electrons. The lowest BCUT2D eigenvalue weighted by atomic mass is 9.84. The van der Waals surface area contributed by atoms with Gasteiger partial charge >= 0.3 is 0 Å². The molecular formula is C16H22FNO. The van der Waals surface area contributed by atoms with E-state index in [1.54, 1.807) is 12.1 Å². The van der Waals surface area contributed by atoms with E-state index in [-0.39, 0.29) is 5.82 Å². The lowest BCUT2D eigenvalue weighted by Crippen LogP contribution is -2.48. The highest BCUT2D eigenvalue weighted by atomic mass is 19.1. The van der Waals surface area contributed by atoms with Crippen molar-refractivity contribution >= 4 is 6.08 Å². The summed E-state index contributed by atoms with van der Waals surface area (Å²) in [4.78, 5) is 2.34. The Morgan fingerprint density at radius 1 is 1.42 bits per heavy atom. The number of rotatable bonds is 3. The summed E-state index contributed by atoms with van der Waals surface area (Å²) in [6, 6.07) is 6.49. The molecule has 1 aliphatic heterocycles. The predicted molar refractivity (Wildman–Crippen MR) is 76.3 cm³/mol. The zero-order chi connectivity index (χ0) is 13.9. The number of benzene rings is 1. The first-order valence-electron chi connectivity index (χ1n) is 6.84.